The van der Waals surface area contributed by atoms with Gasteiger partial charge in [-0.3, -0.25) is 0 Å². The molecule has 1 atom stereocenters. The lowest BCUT2D eigenvalue weighted by Gasteiger charge is -2.26. The van der Waals surface area contributed by atoms with E-state index in [0.717, 1.165) is 31.1 Å². The van der Waals surface area contributed by atoms with Crippen LogP contribution in [0.3, 0.4) is 0 Å². The van der Waals surface area contributed by atoms with E-state index in [1.165, 1.54) is 37.7 Å². The van der Waals surface area contributed by atoms with Gasteiger partial charge in [0.05, 0.1) is 18.6 Å². The molecule has 0 bridgehead atoms. The molecule has 104 valence electrons. The van der Waals surface area contributed by atoms with Crippen molar-refractivity contribution in [1.29, 1.82) is 0 Å². The Hall–Kier alpha value is -0.890. The Balaban J connectivity index is 1.78. The Morgan fingerprint density at radius 2 is 1.68 bits per heavy atom. The highest BCUT2D eigenvalue weighted by Crippen LogP contribution is 2.41. The lowest BCUT2D eigenvalue weighted by molar-refractivity contribution is 0.296. The van der Waals surface area contributed by atoms with Gasteiger partial charge in [0.15, 0.2) is 11.5 Å². The second-order valence-corrected chi connectivity index (χ2v) is 6.03. The second-order valence-electron chi connectivity index (χ2n) is 5.56. The summed E-state index contributed by atoms with van der Waals surface area (Å²) in [6, 6.07) is 6.18. The largest absolute Gasteiger partial charge is 0.490 e. The monoisotopic (exact) mass is 280 g/mol. The molecule has 0 saturated heterocycles. The van der Waals surface area contributed by atoms with Crippen LogP contribution in [0.4, 0.5) is 0 Å². The number of benzene rings is 1. The van der Waals surface area contributed by atoms with Gasteiger partial charge in [-0.15, -0.1) is 11.6 Å². The van der Waals surface area contributed by atoms with Crippen molar-refractivity contribution in [2.45, 2.75) is 43.9 Å². The molecule has 1 aromatic carbocycles. The zero-order valence-electron chi connectivity index (χ0n) is 11.2. The van der Waals surface area contributed by atoms with Crippen LogP contribution in [0.15, 0.2) is 18.2 Å². The van der Waals surface area contributed by atoms with E-state index in [1.807, 2.05) is 6.07 Å². The van der Waals surface area contributed by atoms with Crippen LogP contribution >= 0.6 is 11.6 Å². The summed E-state index contributed by atoms with van der Waals surface area (Å²) in [5.74, 6) is 2.32. The van der Waals surface area contributed by atoms with Crippen LogP contribution in [0, 0.1) is 5.92 Å². The fourth-order valence-electron chi connectivity index (χ4n) is 3.05. The summed E-state index contributed by atoms with van der Waals surface area (Å²) in [6.45, 7) is 1.46. The molecular formula is C16H21ClO2. The minimum absolute atomic E-state index is 0.109. The third-order valence-corrected chi connectivity index (χ3v) is 4.76. The molecule has 1 unspecified atom stereocenters. The van der Waals surface area contributed by atoms with Crippen molar-refractivity contribution < 1.29 is 9.47 Å². The maximum atomic E-state index is 6.67. The molecule has 1 heterocycles. The van der Waals surface area contributed by atoms with E-state index < -0.39 is 0 Å². The van der Waals surface area contributed by atoms with Crippen LogP contribution in [0.2, 0.25) is 0 Å². The molecule has 0 N–H and O–H groups in total. The number of alkyl halides is 1. The van der Waals surface area contributed by atoms with E-state index >= 15 is 0 Å². The zero-order chi connectivity index (χ0) is 13.1. The topological polar surface area (TPSA) is 18.5 Å². The van der Waals surface area contributed by atoms with Gasteiger partial charge >= 0.3 is 0 Å². The molecule has 3 rings (SSSR count). The molecule has 1 aliphatic carbocycles. The van der Waals surface area contributed by atoms with E-state index in [1.54, 1.807) is 0 Å². The molecular weight excluding hydrogens is 260 g/mol. The van der Waals surface area contributed by atoms with Gasteiger partial charge in [-0.05, 0) is 36.5 Å². The van der Waals surface area contributed by atoms with Crippen molar-refractivity contribution in [3.63, 3.8) is 0 Å². The van der Waals surface area contributed by atoms with Crippen LogP contribution < -0.4 is 9.47 Å². The fourth-order valence-corrected chi connectivity index (χ4v) is 3.44. The van der Waals surface area contributed by atoms with Crippen LogP contribution in [-0.4, -0.2) is 13.2 Å². The second kappa shape index (κ2) is 6.04. The molecule has 0 radical (unpaired) electrons. The van der Waals surface area contributed by atoms with Crippen LogP contribution in [-0.2, 0) is 0 Å². The number of ether oxygens (including phenoxy) is 2. The summed E-state index contributed by atoms with van der Waals surface area (Å²) in [5, 5.41) is 0.109. The van der Waals surface area contributed by atoms with Gasteiger partial charge in [-0.2, -0.15) is 0 Å². The maximum absolute atomic E-state index is 6.67. The third-order valence-electron chi connectivity index (χ3n) is 4.15. The minimum atomic E-state index is 0.109. The zero-order valence-corrected chi connectivity index (χ0v) is 12.0. The van der Waals surface area contributed by atoms with Gasteiger partial charge in [-0.25, -0.2) is 0 Å². The first-order valence-corrected chi connectivity index (χ1v) is 7.82. The highest BCUT2D eigenvalue weighted by atomic mass is 35.5. The minimum Gasteiger partial charge on any atom is -0.490 e. The average molecular weight is 281 g/mol. The highest BCUT2D eigenvalue weighted by molar-refractivity contribution is 6.21. The number of rotatable bonds is 2. The number of fused-ring (bicyclic) bond motifs is 1. The molecule has 19 heavy (non-hydrogen) atoms. The van der Waals surface area contributed by atoms with E-state index in [2.05, 4.69) is 12.1 Å². The molecule has 1 aliphatic heterocycles. The fraction of sp³-hybridized carbons (Fsp3) is 0.625. The van der Waals surface area contributed by atoms with Crippen LogP contribution in [0.1, 0.15) is 49.5 Å². The Morgan fingerprint density at radius 1 is 0.947 bits per heavy atom. The van der Waals surface area contributed by atoms with Crippen molar-refractivity contribution >= 4 is 11.6 Å². The number of hydrogen-bond donors (Lipinski definition) is 0. The van der Waals surface area contributed by atoms with E-state index in [4.69, 9.17) is 21.1 Å². The molecule has 0 aromatic heterocycles. The van der Waals surface area contributed by atoms with Crippen molar-refractivity contribution in [3.8, 4) is 11.5 Å². The highest BCUT2D eigenvalue weighted by Gasteiger charge is 2.24. The van der Waals surface area contributed by atoms with Gasteiger partial charge < -0.3 is 9.47 Å². The first-order chi connectivity index (χ1) is 9.34. The van der Waals surface area contributed by atoms with Crippen LogP contribution in [0.25, 0.3) is 0 Å². The summed E-state index contributed by atoms with van der Waals surface area (Å²) in [5.41, 5.74) is 1.18. The molecule has 0 spiro atoms. The Kier molecular flexibility index (Phi) is 4.17. The van der Waals surface area contributed by atoms with Crippen LogP contribution in [0.5, 0.6) is 11.5 Å². The molecule has 3 heteroatoms. The predicted molar refractivity (Wildman–Crippen MR) is 77.2 cm³/mol. The third kappa shape index (κ3) is 3.00. The lowest BCUT2D eigenvalue weighted by Crippen LogP contribution is -2.12. The normalized spacial score (nSPS) is 21.7. The van der Waals surface area contributed by atoms with Gasteiger partial charge in [0.2, 0.25) is 0 Å². The van der Waals surface area contributed by atoms with Crippen molar-refractivity contribution in [3.05, 3.63) is 23.8 Å². The first-order valence-electron chi connectivity index (χ1n) is 7.38. The van der Waals surface area contributed by atoms with Gasteiger partial charge in [-0.1, -0.05) is 25.3 Å². The van der Waals surface area contributed by atoms with Crippen molar-refractivity contribution in [2.75, 3.05) is 13.2 Å². The molecule has 1 aromatic rings. The van der Waals surface area contributed by atoms with Gasteiger partial charge in [0.1, 0.15) is 0 Å². The van der Waals surface area contributed by atoms with Gasteiger partial charge in [0.25, 0.3) is 0 Å². The molecule has 2 aliphatic rings. The smallest absolute Gasteiger partial charge is 0.161 e. The predicted octanol–water partition coefficient (Wildman–Crippen LogP) is 4.71. The summed E-state index contributed by atoms with van der Waals surface area (Å²) < 4.78 is 11.4. The lowest BCUT2D eigenvalue weighted by atomic mass is 9.84. The molecule has 2 nitrogen and oxygen atoms in total. The Labute approximate surface area is 120 Å². The molecule has 1 fully saturated rings. The summed E-state index contributed by atoms with van der Waals surface area (Å²) >= 11 is 6.67. The van der Waals surface area contributed by atoms with Crippen molar-refractivity contribution in [1.82, 2.24) is 0 Å². The van der Waals surface area contributed by atoms with Crippen molar-refractivity contribution in [2.24, 2.45) is 5.92 Å². The first kappa shape index (κ1) is 13.1. The molecule has 0 amide bonds. The summed E-state index contributed by atoms with van der Waals surface area (Å²) in [7, 11) is 0. The van der Waals surface area contributed by atoms with E-state index in [0.29, 0.717) is 5.92 Å². The summed E-state index contributed by atoms with van der Waals surface area (Å²) in [6.07, 6.45) is 7.44. The van der Waals surface area contributed by atoms with E-state index in [-0.39, 0.29) is 5.38 Å². The molecule has 1 saturated carbocycles. The Bertz CT molecular complexity index is 427. The standard InChI is InChI=1S/C16H21ClO2/c17-16(12-5-2-1-3-6-12)13-7-8-14-15(11-13)19-10-4-9-18-14/h7-8,11-12,16H,1-6,9-10H2. The summed E-state index contributed by atoms with van der Waals surface area (Å²) in [4.78, 5) is 0. The van der Waals surface area contributed by atoms with Gasteiger partial charge in [0, 0.05) is 6.42 Å². The Morgan fingerprint density at radius 3 is 2.47 bits per heavy atom. The quantitative estimate of drug-likeness (QED) is 0.731. The number of hydrogen-bond acceptors (Lipinski definition) is 2. The average Bonchev–Trinajstić information content (AvgIpc) is 2.72. The SMILES string of the molecule is ClC(c1ccc2c(c1)OCCCO2)C1CCCCC1. The maximum Gasteiger partial charge on any atom is 0.161 e. The van der Waals surface area contributed by atoms with E-state index in [9.17, 15) is 0 Å². The number of halogens is 1.